The highest BCUT2D eigenvalue weighted by molar-refractivity contribution is 5.81. The molecule has 84 valence electrons. The number of aliphatic hydroxyl groups is 1. The van der Waals surface area contributed by atoms with Crippen LogP contribution < -0.4 is 10.6 Å². The molecule has 0 spiro atoms. The molecule has 1 amide bonds. The molecular weight excluding hydrogens is 180 g/mol. The van der Waals surface area contributed by atoms with Gasteiger partial charge in [0.1, 0.15) is 0 Å². The van der Waals surface area contributed by atoms with Crippen LogP contribution in [0.2, 0.25) is 0 Å². The van der Waals surface area contributed by atoms with E-state index < -0.39 is 0 Å². The van der Waals surface area contributed by atoms with Crippen LogP contribution in [0.25, 0.3) is 0 Å². The SMILES string of the molecule is CCNC(=O)C(C)NC(C)CC(C)O. The quantitative estimate of drug-likeness (QED) is 0.579. The molecule has 4 heteroatoms. The van der Waals surface area contributed by atoms with E-state index >= 15 is 0 Å². The van der Waals surface area contributed by atoms with Crippen LogP contribution in [0.3, 0.4) is 0 Å². The first-order chi connectivity index (χ1) is 6.47. The van der Waals surface area contributed by atoms with Gasteiger partial charge in [-0.1, -0.05) is 0 Å². The number of hydrogen-bond donors (Lipinski definition) is 3. The first kappa shape index (κ1) is 13.4. The van der Waals surface area contributed by atoms with Crippen LogP contribution in [0.1, 0.15) is 34.1 Å². The smallest absolute Gasteiger partial charge is 0.236 e. The predicted molar refractivity (Wildman–Crippen MR) is 57.0 cm³/mol. The number of likely N-dealkylation sites (N-methyl/N-ethyl adjacent to an activating group) is 1. The Morgan fingerprint density at radius 2 is 1.93 bits per heavy atom. The normalized spacial score (nSPS) is 17.2. The molecule has 0 heterocycles. The van der Waals surface area contributed by atoms with Crippen LogP contribution in [-0.4, -0.2) is 35.7 Å². The van der Waals surface area contributed by atoms with Crippen molar-refractivity contribution >= 4 is 5.91 Å². The van der Waals surface area contributed by atoms with Gasteiger partial charge in [-0.05, 0) is 34.1 Å². The van der Waals surface area contributed by atoms with E-state index in [1.807, 2.05) is 20.8 Å². The molecule has 3 N–H and O–H groups in total. The van der Waals surface area contributed by atoms with Gasteiger partial charge in [0.15, 0.2) is 0 Å². The average molecular weight is 202 g/mol. The summed E-state index contributed by atoms with van der Waals surface area (Å²) in [6, 6.07) is -0.0590. The van der Waals surface area contributed by atoms with Gasteiger partial charge in [0, 0.05) is 12.6 Å². The molecule has 0 saturated carbocycles. The van der Waals surface area contributed by atoms with Gasteiger partial charge in [-0.2, -0.15) is 0 Å². The molecule has 0 aromatic heterocycles. The zero-order valence-electron chi connectivity index (χ0n) is 9.50. The average Bonchev–Trinajstić information content (AvgIpc) is 2.02. The lowest BCUT2D eigenvalue weighted by Gasteiger charge is -2.20. The number of amides is 1. The topological polar surface area (TPSA) is 61.4 Å². The van der Waals surface area contributed by atoms with Crippen molar-refractivity contribution in [2.45, 2.75) is 52.3 Å². The van der Waals surface area contributed by atoms with E-state index in [1.54, 1.807) is 6.92 Å². The zero-order valence-corrected chi connectivity index (χ0v) is 9.50. The van der Waals surface area contributed by atoms with Crippen LogP contribution in [0, 0.1) is 0 Å². The molecule has 0 rings (SSSR count). The second kappa shape index (κ2) is 6.79. The summed E-state index contributed by atoms with van der Waals surface area (Å²) in [6.07, 6.45) is 0.322. The molecule has 0 aliphatic carbocycles. The van der Waals surface area contributed by atoms with E-state index in [9.17, 15) is 4.79 Å². The minimum atomic E-state index is -0.334. The molecule has 3 unspecified atom stereocenters. The number of carbonyl (C=O) groups excluding carboxylic acids is 1. The molecule has 0 bridgehead atoms. The maximum atomic E-state index is 11.3. The van der Waals surface area contributed by atoms with Gasteiger partial charge in [0.2, 0.25) is 5.91 Å². The van der Waals surface area contributed by atoms with Crippen molar-refractivity contribution in [2.75, 3.05) is 6.54 Å². The number of nitrogens with one attached hydrogen (secondary N) is 2. The molecule has 0 aromatic carbocycles. The van der Waals surface area contributed by atoms with Gasteiger partial charge >= 0.3 is 0 Å². The predicted octanol–water partition coefficient (Wildman–Crippen LogP) is 0.260. The minimum Gasteiger partial charge on any atom is -0.393 e. The van der Waals surface area contributed by atoms with Gasteiger partial charge in [0.25, 0.3) is 0 Å². The third kappa shape index (κ3) is 5.94. The largest absolute Gasteiger partial charge is 0.393 e. The highest BCUT2D eigenvalue weighted by atomic mass is 16.3. The standard InChI is InChI=1S/C10H22N2O2/c1-5-11-10(14)9(4)12-7(2)6-8(3)13/h7-9,12-13H,5-6H2,1-4H3,(H,11,14). The summed E-state index contributed by atoms with van der Waals surface area (Å²) in [7, 11) is 0. The van der Waals surface area contributed by atoms with Gasteiger partial charge in [0.05, 0.1) is 12.1 Å². The summed E-state index contributed by atoms with van der Waals surface area (Å²) >= 11 is 0. The molecule has 0 aromatic rings. The van der Waals surface area contributed by atoms with Crippen molar-refractivity contribution in [3.63, 3.8) is 0 Å². The van der Waals surface area contributed by atoms with E-state index in [0.29, 0.717) is 13.0 Å². The number of hydrogen-bond acceptors (Lipinski definition) is 3. The molecule has 0 saturated heterocycles. The zero-order chi connectivity index (χ0) is 11.1. The molecule has 0 aliphatic heterocycles. The lowest BCUT2D eigenvalue weighted by atomic mass is 10.1. The first-order valence-electron chi connectivity index (χ1n) is 5.19. The van der Waals surface area contributed by atoms with Crippen LogP contribution in [0.4, 0.5) is 0 Å². The maximum Gasteiger partial charge on any atom is 0.236 e. The van der Waals surface area contributed by atoms with Crippen LogP contribution in [0.5, 0.6) is 0 Å². The van der Waals surface area contributed by atoms with Gasteiger partial charge in [-0.25, -0.2) is 0 Å². The Labute approximate surface area is 86.1 Å². The summed E-state index contributed by atoms with van der Waals surface area (Å²) in [5.74, 6) is 0.00458. The summed E-state index contributed by atoms with van der Waals surface area (Å²) in [5.41, 5.74) is 0. The highest BCUT2D eigenvalue weighted by Crippen LogP contribution is 1.98. The Morgan fingerprint density at radius 3 is 2.36 bits per heavy atom. The second-order valence-corrected chi connectivity index (χ2v) is 3.77. The molecule has 0 fully saturated rings. The summed E-state index contributed by atoms with van der Waals surface area (Å²) in [5, 5.41) is 15.0. The number of aliphatic hydroxyl groups excluding tert-OH is 1. The van der Waals surface area contributed by atoms with Crippen LogP contribution in [0.15, 0.2) is 0 Å². The molecule has 4 nitrogen and oxygen atoms in total. The number of carbonyl (C=O) groups is 1. The molecule has 14 heavy (non-hydrogen) atoms. The fraction of sp³-hybridized carbons (Fsp3) is 0.900. The summed E-state index contributed by atoms with van der Waals surface area (Å²) in [4.78, 5) is 11.3. The van der Waals surface area contributed by atoms with Crippen molar-refractivity contribution < 1.29 is 9.90 Å². The molecule has 0 radical (unpaired) electrons. The monoisotopic (exact) mass is 202 g/mol. The van der Waals surface area contributed by atoms with Crippen molar-refractivity contribution in [1.29, 1.82) is 0 Å². The second-order valence-electron chi connectivity index (χ2n) is 3.77. The van der Waals surface area contributed by atoms with Gasteiger partial charge in [-0.3, -0.25) is 4.79 Å². The van der Waals surface area contributed by atoms with Crippen molar-refractivity contribution in [3.8, 4) is 0 Å². The van der Waals surface area contributed by atoms with Gasteiger partial charge in [-0.15, -0.1) is 0 Å². The lowest BCUT2D eigenvalue weighted by Crippen LogP contribution is -2.46. The van der Waals surface area contributed by atoms with Crippen molar-refractivity contribution in [3.05, 3.63) is 0 Å². The molecule has 3 atom stereocenters. The highest BCUT2D eigenvalue weighted by Gasteiger charge is 2.14. The molecule has 0 aliphatic rings. The molecular formula is C10H22N2O2. The van der Waals surface area contributed by atoms with Crippen molar-refractivity contribution in [1.82, 2.24) is 10.6 Å². The summed E-state index contributed by atoms with van der Waals surface area (Å²) in [6.45, 7) is 8.07. The Bertz CT molecular complexity index is 172. The lowest BCUT2D eigenvalue weighted by molar-refractivity contribution is -0.122. The third-order valence-corrected chi connectivity index (χ3v) is 1.97. The Kier molecular flexibility index (Phi) is 6.49. The first-order valence-corrected chi connectivity index (χ1v) is 5.19. The van der Waals surface area contributed by atoms with Crippen LogP contribution in [-0.2, 0) is 4.79 Å². The number of rotatable bonds is 6. The van der Waals surface area contributed by atoms with Crippen molar-refractivity contribution in [2.24, 2.45) is 0 Å². The van der Waals surface area contributed by atoms with E-state index in [0.717, 1.165) is 0 Å². The fourth-order valence-electron chi connectivity index (χ4n) is 1.41. The van der Waals surface area contributed by atoms with E-state index in [-0.39, 0.29) is 24.1 Å². The minimum absolute atomic E-state index is 0.00458. The Morgan fingerprint density at radius 1 is 1.36 bits per heavy atom. The third-order valence-electron chi connectivity index (χ3n) is 1.97. The Balaban J connectivity index is 3.80. The van der Waals surface area contributed by atoms with Gasteiger partial charge < -0.3 is 15.7 Å². The summed E-state index contributed by atoms with van der Waals surface area (Å²) < 4.78 is 0. The van der Waals surface area contributed by atoms with E-state index in [1.165, 1.54) is 0 Å². The van der Waals surface area contributed by atoms with E-state index in [4.69, 9.17) is 5.11 Å². The van der Waals surface area contributed by atoms with Crippen LogP contribution >= 0.6 is 0 Å². The Hall–Kier alpha value is -0.610. The maximum absolute atomic E-state index is 11.3. The fourth-order valence-corrected chi connectivity index (χ4v) is 1.41. The van der Waals surface area contributed by atoms with E-state index in [2.05, 4.69) is 10.6 Å².